The highest BCUT2D eigenvalue weighted by atomic mass is 32.2. The van der Waals surface area contributed by atoms with Crippen LogP contribution in [0.3, 0.4) is 0 Å². The normalized spacial score (nSPS) is 11.7. The van der Waals surface area contributed by atoms with Crippen molar-refractivity contribution in [3.63, 3.8) is 0 Å². The average Bonchev–Trinajstić information content (AvgIpc) is 2.59. The van der Waals surface area contributed by atoms with Crippen molar-refractivity contribution in [2.75, 3.05) is 13.2 Å². The van der Waals surface area contributed by atoms with Crippen LogP contribution >= 0.6 is 0 Å². The van der Waals surface area contributed by atoms with Crippen molar-refractivity contribution in [2.45, 2.75) is 38.6 Å². The summed E-state index contributed by atoms with van der Waals surface area (Å²) in [6, 6.07) is 14.7. The molecule has 0 saturated carbocycles. The highest BCUT2D eigenvalue weighted by molar-refractivity contribution is 7.89. The maximum Gasteiger partial charge on any atom is 0.243 e. The third-order valence-electron chi connectivity index (χ3n) is 3.80. The van der Waals surface area contributed by atoms with Gasteiger partial charge >= 0.3 is 0 Å². The topological polar surface area (TPSA) is 46.6 Å². The van der Waals surface area contributed by atoms with Gasteiger partial charge < -0.3 is 4.74 Å². The number of ether oxygens (including phenoxy) is 1. The van der Waals surface area contributed by atoms with E-state index in [0.717, 1.165) is 23.3 Å². The van der Waals surface area contributed by atoms with Crippen LogP contribution in [0.2, 0.25) is 0 Å². The molecule has 0 aliphatic rings. The van der Waals surface area contributed by atoms with E-state index in [4.69, 9.17) is 4.74 Å². The first-order valence-electron chi connectivity index (χ1n) is 8.26. The molecule has 24 heavy (non-hydrogen) atoms. The van der Waals surface area contributed by atoms with Gasteiger partial charge in [-0.1, -0.05) is 44.2 Å². The van der Waals surface area contributed by atoms with Crippen LogP contribution in [0.15, 0.2) is 53.4 Å². The highest BCUT2D eigenvalue weighted by Gasteiger charge is 2.23. The summed E-state index contributed by atoms with van der Waals surface area (Å²) in [5.74, 6) is 0.738. The first-order chi connectivity index (χ1) is 11.5. The van der Waals surface area contributed by atoms with Crippen LogP contribution in [0.5, 0.6) is 5.75 Å². The first-order valence-corrected chi connectivity index (χ1v) is 9.70. The Morgan fingerprint density at radius 2 is 1.75 bits per heavy atom. The predicted octanol–water partition coefficient (Wildman–Crippen LogP) is 3.99. The van der Waals surface area contributed by atoms with Crippen molar-refractivity contribution in [1.82, 2.24) is 4.31 Å². The molecule has 0 heterocycles. The number of rotatable bonds is 8. The molecule has 0 saturated heterocycles. The second-order valence-electron chi connectivity index (χ2n) is 5.69. The smallest absolute Gasteiger partial charge is 0.243 e. The van der Waals surface area contributed by atoms with Crippen molar-refractivity contribution in [3.05, 3.63) is 59.7 Å². The summed E-state index contributed by atoms with van der Waals surface area (Å²) in [4.78, 5) is 0.307. The third kappa shape index (κ3) is 4.36. The Morgan fingerprint density at radius 1 is 1.04 bits per heavy atom. The van der Waals surface area contributed by atoms with Crippen molar-refractivity contribution in [1.29, 1.82) is 0 Å². The molecule has 0 aliphatic carbocycles. The summed E-state index contributed by atoms with van der Waals surface area (Å²) >= 11 is 0. The zero-order valence-electron chi connectivity index (χ0n) is 14.5. The standard InChI is InChI=1S/C19H25NO3S/c1-4-13-23-19-12-11-18(14-16(19)3)24(21,22)20(5-2)15-17-9-7-6-8-10-17/h6-12,14H,4-5,13,15H2,1-3H3. The quantitative estimate of drug-likeness (QED) is 0.725. The molecule has 0 aromatic heterocycles. The van der Waals surface area contributed by atoms with E-state index in [-0.39, 0.29) is 0 Å². The summed E-state index contributed by atoms with van der Waals surface area (Å²) in [6.07, 6.45) is 0.917. The van der Waals surface area contributed by atoms with E-state index in [0.29, 0.717) is 24.6 Å². The molecule has 0 fully saturated rings. The van der Waals surface area contributed by atoms with Crippen LogP contribution in [0.1, 0.15) is 31.4 Å². The fourth-order valence-corrected chi connectivity index (χ4v) is 3.98. The average molecular weight is 347 g/mol. The van der Waals surface area contributed by atoms with E-state index >= 15 is 0 Å². The fourth-order valence-electron chi connectivity index (χ4n) is 2.46. The van der Waals surface area contributed by atoms with Gasteiger partial charge in [-0.15, -0.1) is 0 Å². The van der Waals surface area contributed by atoms with Gasteiger partial charge in [-0.2, -0.15) is 4.31 Å². The molecule has 0 amide bonds. The number of hydrogen-bond acceptors (Lipinski definition) is 3. The monoisotopic (exact) mass is 347 g/mol. The molecule has 0 unspecified atom stereocenters. The second kappa shape index (κ2) is 8.31. The van der Waals surface area contributed by atoms with Crippen LogP contribution in [0, 0.1) is 6.92 Å². The Bertz CT molecular complexity index is 757. The molecule has 0 bridgehead atoms. The number of benzene rings is 2. The van der Waals surface area contributed by atoms with E-state index in [1.165, 1.54) is 4.31 Å². The van der Waals surface area contributed by atoms with E-state index in [1.807, 2.05) is 51.1 Å². The summed E-state index contributed by atoms with van der Waals surface area (Å²) in [6.45, 7) is 7.18. The summed E-state index contributed by atoms with van der Waals surface area (Å²) < 4.78 is 33.0. The van der Waals surface area contributed by atoms with Gasteiger partial charge in [0.15, 0.2) is 0 Å². The van der Waals surface area contributed by atoms with Gasteiger partial charge in [0.1, 0.15) is 5.75 Å². The van der Waals surface area contributed by atoms with Crippen molar-refractivity contribution < 1.29 is 13.2 Å². The van der Waals surface area contributed by atoms with Gasteiger partial charge in [-0.25, -0.2) is 8.42 Å². The minimum atomic E-state index is -3.53. The molecule has 2 rings (SSSR count). The van der Waals surface area contributed by atoms with Gasteiger partial charge in [-0.3, -0.25) is 0 Å². The molecule has 0 N–H and O–H groups in total. The molecule has 130 valence electrons. The maximum atomic E-state index is 12.9. The van der Waals surface area contributed by atoms with E-state index in [9.17, 15) is 8.42 Å². The summed E-state index contributed by atoms with van der Waals surface area (Å²) in [7, 11) is -3.53. The van der Waals surface area contributed by atoms with E-state index in [2.05, 4.69) is 0 Å². The van der Waals surface area contributed by atoms with Gasteiger partial charge in [0.2, 0.25) is 10.0 Å². The van der Waals surface area contributed by atoms with E-state index < -0.39 is 10.0 Å². The number of nitrogens with zero attached hydrogens (tertiary/aromatic N) is 1. The molecule has 2 aromatic carbocycles. The Labute approximate surface area is 145 Å². The summed E-state index contributed by atoms with van der Waals surface area (Å²) in [5.41, 5.74) is 1.81. The van der Waals surface area contributed by atoms with Crippen LogP contribution < -0.4 is 4.74 Å². The zero-order valence-corrected chi connectivity index (χ0v) is 15.3. The number of sulfonamides is 1. The lowest BCUT2D eigenvalue weighted by atomic mass is 10.2. The van der Waals surface area contributed by atoms with Crippen molar-refractivity contribution in [3.8, 4) is 5.75 Å². The van der Waals surface area contributed by atoms with Gasteiger partial charge in [0.05, 0.1) is 11.5 Å². The molecule has 5 heteroatoms. The van der Waals surface area contributed by atoms with Crippen molar-refractivity contribution >= 4 is 10.0 Å². The zero-order chi connectivity index (χ0) is 17.6. The largest absolute Gasteiger partial charge is 0.493 e. The second-order valence-corrected chi connectivity index (χ2v) is 7.63. The van der Waals surface area contributed by atoms with Crippen molar-refractivity contribution in [2.24, 2.45) is 0 Å². The number of hydrogen-bond donors (Lipinski definition) is 0. The summed E-state index contributed by atoms with van der Waals surface area (Å²) in [5, 5.41) is 0. The molecule has 2 aromatic rings. The third-order valence-corrected chi connectivity index (χ3v) is 5.72. The molecular formula is C19H25NO3S. The fraction of sp³-hybridized carbons (Fsp3) is 0.368. The Balaban J connectivity index is 2.25. The Morgan fingerprint density at radius 3 is 2.33 bits per heavy atom. The van der Waals surface area contributed by atoms with Crippen LogP contribution in [0.25, 0.3) is 0 Å². The first kappa shape index (κ1) is 18.5. The Kier molecular flexibility index (Phi) is 6.40. The van der Waals surface area contributed by atoms with Gasteiger partial charge in [-0.05, 0) is 42.7 Å². The maximum absolute atomic E-state index is 12.9. The lowest BCUT2D eigenvalue weighted by Gasteiger charge is -2.21. The molecule has 0 radical (unpaired) electrons. The number of aryl methyl sites for hydroxylation is 1. The predicted molar refractivity (Wildman–Crippen MR) is 96.7 cm³/mol. The van der Waals surface area contributed by atoms with Crippen LogP contribution in [-0.4, -0.2) is 25.9 Å². The van der Waals surface area contributed by atoms with Gasteiger partial charge in [0.25, 0.3) is 0 Å². The minimum Gasteiger partial charge on any atom is -0.493 e. The Hall–Kier alpha value is -1.85. The van der Waals surface area contributed by atoms with Crippen LogP contribution in [-0.2, 0) is 16.6 Å². The van der Waals surface area contributed by atoms with Crippen LogP contribution in [0.4, 0.5) is 0 Å². The SMILES string of the molecule is CCCOc1ccc(S(=O)(=O)N(CC)Cc2ccccc2)cc1C. The minimum absolute atomic E-state index is 0.307. The molecule has 0 aliphatic heterocycles. The highest BCUT2D eigenvalue weighted by Crippen LogP contribution is 2.25. The molecule has 0 atom stereocenters. The molecule has 0 spiro atoms. The van der Waals surface area contributed by atoms with E-state index in [1.54, 1.807) is 18.2 Å². The molecule has 4 nitrogen and oxygen atoms in total. The molecular weight excluding hydrogens is 322 g/mol. The lowest BCUT2D eigenvalue weighted by Crippen LogP contribution is -2.30. The van der Waals surface area contributed by atoms with Gasteiger partial charge in [0, 0.05) is 13.1 Å². The lowest BCUT2D eigenvalue weighted by molar-refractivity contribution is 0.315.